The zero-order valence-electron chi connectivity index (χ0n) is 16.9. The van der Waals surface area contributed by atoms with Gasteiger partial charge in [0.05, 0.1) is 7.11 Å². The second kappa shape index (κ2) is 10.2. The third-order valence-corrected chi connectivity index (χ3v) is 4.56. The Morgan fingerprint density at radius 1 is 1.03 bits per heavy atom. The average molecular weight is 423 g/mol. The molecule has 0 radical (unpaired) electrons. The zero-order chi connectivity index (χ0) is 22.2. The third-order valence-electron chi connectivity index (χ3n) is 4.56. The minimum atomic E-state index is -1.16. The zero-order valence-corrected chi connectivity index (χ0v) is 16.9. The van der Waals surface area contributed by atoms with Crippen molar-refractivity contribution < 1.29 is 28.6 Å². The predicted molar refractivity (Wildman–Crippen MR) is 113 cm³/mol. The Kier molecular flexibility index (Phi) is 7.22. The number of hydrogen-bond donors (Lipinski definition) is 2. The summed E-state index contributed by atoms with van der Waals surface area (Å²) in [5.41, 5.74) is 1.62. The summed E-state index contributed by atoms with van der Waals surface area (Å²) in [6, 6.07) is 18.8. The molecule has 7 heteroatoms. The first kappa shape index (κ1) is 21.8. The van der Waals surface area contributed by atoms with Crippen molar-refractivity contribution in [3.63, 3.8) is 0 Å². The van der Waals surface area contributed by atoms with Gasteiger partial charge in [-0.3, -0.25) is 9.59 Å². The van der Waals surface area contributed by atoms with Crippen LogP contribution in [-0.4, -0.2) is 24.1 Å². The molecule has 3 rings (SSSR count). The van der Waals surface area contributed by atoms with E-state index < -0.39 is 23.8 Å². The van der Waals surface area contributed by atoms with Crippen molar-refractivity contribution in [1.82, 2.24) is 0 Å². The number of phenolic OH excluding ortho intramolecular Hbond substituents is 1. The lowest BCUT2D eigenvalue weighted by Crippen LogP contribution is -2.26. The molecule has 0 aliphatic rings. The van der Waals surface area contributed by atoms with Crippen molar-refractivity contribution in [3.8, 4) is 11.5 Å². The molecule has 0 saturated carbocycles. The van der Waals surface area contributed by atoms with Gasteiger partial charge in [-0.1, -0.05) is 36.4 Å². The standard InChI is InChI=1S/C24H22FNO5/c1-30-21-13-7-16(15-20(21)27)8-14-22(28)31-23(17-5-3-2-4-6-17)24(29)26-19-11-9-18(25)10-12-19/h2-7,9-13,15,23,27H,8,14H2,1H3,(H,26,29). The van der Waals surface area contributed by atoms with Crippen molar-refractivity contribution >= 4 is 17.6 Å². The van der Waals surface area contributed by atoms with E-state index in [1.165, 1.54) is 37.4 Å². The van der Waals surface area contributed by atoms with Gasteiger partial charge in [-0.25, -0.2) is 4.39 Å². The van der Waals surface area contributed by atoms with Crippen molar-refractivity contribution in [2.45, 2.75) is 18.9 Å². The number of ether oxygens (including phenoxy) is 2. The van der Waals surface area contributed by atoms with Gasteiger partial charge in [-0.2, -0.15) is 0 Å². The van der Waals surface area contributed by atoms with Gasteiger partial charge in [-0.15, -0.1) is 0 Å². The Morgan fingerprint density at radius 2 is 1.74 bits per heavy atom. The molecule has 1 amide bonds. The van der Waals surface area contributed by atoms with E-state index in [1.54, 1.807) is 42.5 Å². The highest BCUT2D eigenvalue weighted by Crippen LogP contribution is 2.27. The maximum atomic E-state index is 13.1. The maximum Gasteiger partial charge on any atom is 0.307 e. The van der Waals surface area contributed by atoms with E-state index >= 15 is 0 Å². The molecule has 1 atom stereocenters. The number of aromatic hydroxyl groups is 1. The molecule has 0 aromatic heterocycles. The Morgan fingerprint density at radius 3 is 2.39 bits per heavy atom. The fourth-order valence-corrected chi connectivity index (χ4v) is 2.97. The molecule has 6 nitrogen and oxygen atoms in total. The number of aryl methyl sites for hydroxylation is 1. The van der Waals surface area contributed by atoms with Crippen LogP contribution in [0.2, 0.25) is 0 Å². The van der Waals surface area contributed by atoms with Gasteiger partial charge in [0.2, 0.25) is 6.10 Å². The number of carbonyl (C=O) groups excluding carboxylic acids is 2. The molecule has 3 aromatic rings. The van der Waals surface area contributed by atoms with E-state index in [2.05, 4.69) is 5.32 Å². The van der Waals surface area contributed by atoms with E-state index in [1.807, 2.05) is 0 Å². The fourth-order valence-electron chi connectivity index (χ4n) is 2.97. The first-order valence-electron chi connectivity index (χ1n) is 9.63. The lowest BCUT2D eigenvalue weighted by Gasteiger charge is -2.18. The Hall–Kier alpha value is -3.87. The summed E-state index contributed by atoms with van der Waals surface area (Å²) in [4.78, 5) is 25.3. The van der Waals surface area contributed by atoms with Crippen LogP contribution in [0.15, 0.2) is 72.8 Å². The Balaban J connectivity index is 1.68. The van der Waals surface area contributed by atoms with Crippen LogP contribution in [0.1, 0.15) is 23.7 Å². The lowest BCUT2D eigenvalue weighted by molar-refractivity contribution is -0.154. The van der Waals surface area contributed by atoms with E-state index in [9.17, 15) is 19.1 Å². The number of phenols is 1. The van der Waals surface area contributed by atoms with Gasteiger partial charge in [0.1, 0.15) is 5.82 Å². The largest absolute Gasteiger partial charge is 0.504 e. The van der Waals surface area contributed by atoms with Crippen LogP contribution in [0, 0.1) is 5.82 Å². The van der Waals surface area contributed by atoms with Crippen LogP contribution >= 0.6 is 0 Å². The number of benzene rings is 3. The van der Waals surface area contributed by atoms with Crippen molar-refractivity contribution in [3.05, 3.63) is 89.7 Å². The Bertz CT molecular complexity index is 1040. The van der Waals surface area contributed by atoms with Gasteiger partial charge in [0, 0.05) is 17.7 Å². The molecule has 160 valence electrons. The highest BCUT2D eigenvalue weighted by atomic mass is 19.1. The monoisotopic (exact) mass is 423 g/mol. The lowest BCUT2D eigenvalue weighted by atomic mass is 10.1. The summed E-state index contributed by atoms with van der Waals surface area (Å²) in [5.74, 6) is -1.22. The van der Waals surface area contributed by atoms with Crippen LogP contribution in [-0.2, 0) is 20.7 Å². The molecule has 0 bridgehead atoms. The molecule has 1 unspecified atom stereocenters. The SMILES string of the molecule is COc1ccc(CCC(=O)OC(C(=O)Nc2ccc(F)cc2)c2ccccc2)cc1O. The summed E-state index contributed by atoms with van der Waals surface area (Å²) >= 11 is 0. The molecular formula is C24H22FNO5. The van der Waals surface area contributed by atoms with E-state index in [-0.39, 0.29) is 12.2 Å². The molecule has 0 saturated heterocycles. The Labute approximate surface area is 179 Å². The summed E-state index contributed by atoms with van der Waals surface area (Å²) in [5, 5.41) is 12.5. The topological polar surface area (TPSA) is 84.9 Å². The smallest absolute Gasteiger partial charge is 0.307 e. The van der Waals surface area contributed by atoms with Crippen LogP contribution in [0.4, 0.5) is 10.1 Å². The summed E-state index contributed by atoms with van der Waals surface area (Å²) < 4.78 is 23.6. The number of halogens is 1. The number of carbonyl (C=O) groups is 2. The highest BCUT2D eigenvalue weighted by Gasteiger charge is 2.25. The normalized spacial score (nSPS) is 11.4. The molecule has 0 aliphatic carbocycles. The van der Waals surface area contributed by atoms with Gasteiger partial charge < -0.3 is 19.9 Å². The number of rotatable bonds is 8. The highest BCUT2D eigenvalue weighted by molar-refractivity contribution is 5.96. The molecule has 0 spiro atoms. The van der Waals surface area contributed by atoms with Crippen LogP contribution in [0.25, 0.3) is 0 Å². The van der Waals surface area contributed by atoms with E-state index in [0.29, 0.717) is 23.4 Å². The first-order valence-corrected chi connectivity index (χ1v) is 9.63. The van der Waals surface area contributed by atoms with Gasteiger partial charge in [0.25, 0.3) is 5.91 Å². The van der Waals surface area contributed by atoms with Crippen LogP contribution in [0.5, 0.6) is 11.5 Å². The molecule has 0 heterocycles. The summed E-state index contributed by atoms with van der Waals surface area (Å²) in [6.45, 7) is 0. The summed E-state index contributed by atoms with van der Waals surface area (Å²) in [6.07, 6.45) is -0.834. The van der Waals surface area contributed by atoms with Gasteiger partial charge >= 0.3 is 5.97 Å². The first-order chi connectivity index (χ1) is 15.0. The van der Waals surface area contributed by atoms with Gasteiger partial charge in [-0.05, 0) is 48.4 Å². The maximum absolute atomic E-state index is 13.1. The second-order valence-corrected chi connectivity index (χ2v) is 6.78. The minimum absolute atomic E-state index is 0.0128. The quantitative estimate of drug-likeness (QED) is 0.525. The third kappa shape index (κ3) is 6.05. The molecule has 0 fully saturated rings. The molecule has 3 aromatic carbocycles. The van der Waals surface area contributed by atoms with Crippen molar-refractivity contribution in [2.24, 2.45) is 0 Å². The summed E-state index contributed by atoms with van der Waals surface area (Å²) in [7, 11) is 1.45. The second-order valence-electron chi connectivity index (χ2n) is 6.78. The number of anilines is 1. The number of methoxy groups -OCH3 is 1. The number of nitrogens with one attached hydrogen (secondary N) is 1. The van der Waals surface area contributed by atoms with Crippen LogP contribution in [0.3, 0.4) is 0 Å². The molecule has 2 N–H and O–H groups in total. The van der Waals surface area contributed by atoms with E-state index in [4.69, 9.17) is 9.47 Å². The molecule has 0 aliphatic heterocycles. The van der Waals surface area contributed by atoms with Crippen LogP contribution < -0.4 is 10.1 Å². The fraction of sp³-hybridized carbons (Fsp3) is 0.167. The predicted octanol–water partition coefficient (Wildman–Crippen LogP) is 4.40. The molecular weight excluding hydrogens is 401 g/mol. The molecule has 31 heavy (non-hydrogen) atoms. The average Bonchev–Trinajstić information content (AvgIpc) is 2.78. The van der Waals surface area contributed by atoms with Crippen molar-refractivity contribution in [1.29, 1.82) is 0 Å². The van der Waals surface area contributed by atoms with Gasteiger partial charge in [0.15, 0.2) is 11.5 Å². The van der Waals surface area contributed by atoms with E-state index in [0.717, 1.165) is 5.56 Å². The minimum Gasteiger partial charge on any atom is -0.504 e. The number of amides is 1. The van der Waals surface area contributed by atoms with Crippen molar-refractivity contribution in [2.75, 3.05) is 12.4 Å². The number of hydrogen-bond acceptors (Lipinski definition) is 5. The number of esters is 1.